The number of nitrogens with zero attached hydrogens (tertiary/aromatic N) is 1. The quantitative estimate of drug-likeness (QED) is 0.771. The van der Waals surface area contributed by atoms with Gasteiger partial charge in [-0.3, -0.25) is 0 Å². The molecule has 1 aromatic heterocycles. The summed E-state index contributed by atoms with van der Waals surface area (Å²) in [4.78, 5) is 0.371. The Balaban J connectivity index is 2.06. The highest BCUT2D eigenvalue weighted by Gasteiger charge is 2.45. The number of hydrogen-bond donors (Lipinski definition) is 2. The summed E-state index contributed by atoms with van der Waals surface area (Å²) in [5.41, 5.74) is 1.29. The van der Waals surface area contributed by atoms with Crippen molar-refractivity contribution in [3.05, 3.63) is 18.0 Å². The minimum absolute atomic E-state index is 0.286. The zero-order valence-corrected chi connectivity index (χ0v) is 14.3. The molecule has 0 spiro atoms. The number of sulfonamides is 1. The maximum atomic E-state index is 12.4. The Bertz CT molecular complexity index is 590. The summed E-state index contributed by atoms with van der Waals surface area (Å²) in [7, 11) is -3.40. The lowest BCUT2D eigenvalue weighted by atomic mass is 10.1. The molecule has 1 unspecified atom stereocenters. The molecule has 1 aliphatic rings. The van der Waals surface area contributed by atoms with Crippen LogP contribution in [-0.4, -0.2) is 26.1 Å². The lowest BCUT2D eigenvalue weighted by molar-refractivity contribution is 0.537. The molecule has 0 aromatic carbocycles. The molecule has 1 saturated carbocycles. The van der Waals surface area contributed by atoms with Crippen LogP contribution < -0.4 is 10.0 Å². The van der Waals surface area contributed by atoms with Crippen LogP contribution in [0.4, 0.5) is 0 Å². The first-order chi connectivity index (χ1) is 9.80. The van der Waals surface area contributed by atoms with E-state index in [1.54, 1.807) is 12.3 Å². The van der Waals surface area contributed by atoms with Crippen molar-refractivity contribution in [1.82, 2.24) is 14.6 Å². The fourth-order valence-electron chi connectivity index (χ4n) is 2.59. The van der Waals surface area contributed by atoms with Crippen LogP contribution >= 0.6 is 0 Å². The molecule has 1 fully saturated rings. The molecule has 120 valence electrons. The highest BCUT2D eigenvalue weighted by atomic mass is 32.2. The molecule has 5 nitrogen and oxygen atoms in total. The first-order valence-corrected chi connectivity index (χ1v) is 9.18. The number of nitrogens with one attached hydrogen (secondary N) is 2. The predicted octanol–water partition coefficient (Wildman–Crippen LogP) is 1.94. The van der Waals surface area contributed by atoms with Crippen LogP contribution in [-0.2, 0) is 23.1 Å². The molecule has 1 aromatic rings. The number of aryl methyl sites for hydroxylation is 1. The second-order valence-electron chi connectivity index (χ2n) is 6.48. The fraction of sp³-hybridized carbons (Fsp3) is 0.733. The van der Waals surface area contributed by atoms with E-state index in [-0.39, 0.29) is 5.41 Å². The molecule has 6 heteroatoms. The third-order valence-electron chi connectivity index (χ3n) is 4.41. The SMILES string of the molecule is CCNCc1cc(S(=O)(=O)NCC2CC2(C)C)cn1CC. The minimum Gasteiger partial charge on any atom is -0.349 e. The summed E-state index contributed by atoms with van der Waals surface area (Å²) in [6.45, 7) is 11.3. The highest BCUT2D eigenvalue weighted by molar-refractivity contribution is 7.89. The minimum atomic E-state index is -3.40. The molecule has 0 amide bonds. The molecule has 21 heavy (non-hydrogen) atoms. The Labute approximate surface area is 128 Å². The summed E-state index contributed by atoms with van der Waals surface area (Å²) in [5, 5.41) is 3.24. The summed E-state index contributed by atoms with van der Waals surface area (Å²) in [5.74, 6) is 0.460. The van der Waals surface area contributed by atoms with E-state index in [0.717, 1.165) is 25.2 Å². The Kier molecular flexibility index (Phi) is 4.80. The average molecular weight is 313 g/mol. The zero-order chi connectivity index (χ0) is 15.7. The van der Waals surface area contributed by atoms with Crippen molar-refractivity contribution in [1.29, 1.82) is 0 Å². The topological polar surface area (TPSA) is 63.1 Å². The van der Waals surface area contributed by atoms with Gasteiger partial charge in [-0.2, -0.15) is 0 Å². The van der Waals surface area contributed by atoms with E-state index in [0.29, 0.717) is 23.9 Å². The van der Waals surface area contributed by atoms with Gasteiger partial charge in [0, 0.05) is 31.5 Å². The predicted molar refractivity (Wildman–Crippen MR) is 84.6 cm³/mol. The van der Waals surface area contributed by atoms with Crippen molar-refractivity contribution in [3.8, 4) is 0 Å². The summed E-state index contributed by atoms with van der Waals surface area (Å²) in [6, 6.07) is 1.77. The standard InChI is InChI=1S/C15H27N3O2S/c1-5-16-10-13-7-14(11-18(13)6-2)21(19,20)17-9-12-8-15(12,3)4/h7,11-12,16-17H,5-6,8-10H2,1-4H3. The van der Waals surface area contributed by atoms with Crippen molar-refractivity contribution < 1.29 is 8.42 Å². The Morgan fingerprint density at radius 3 is 2.57 bits per heavy atom. The van der Waals surface area contributed by atoms with Crippen LogP contribution in [0.2, 0.25) is 0 Å². The van der Waals surface area contributed by atoms with Gasteiger partial charge in [0.2, 0.25) is 10.0 Å². The van der Waals surface area contributed by atoms with Gasteiger partial charge in [-0.15, -0.1) is 0 Å². The smallest absolute Gasteiger partial charge is 0.242 e. The van der Waals surface area contributed by atoms with Gasteiger partial charge in [0.25, 0.3) is 0 Å². The van der Waals surface area contributed by atoms with Crippen molar-refractivity contribution in [2.45, 2.75) is 52.1 Å². The molecule has 0 aliphatic heterocycles. The number of rotatable bonds is 8. The van der Waals surface area contributed by atoms with E-state index in [1.807, 2.05) is 18.4 Å². The lowest BCUT2D eigenvalue weighted by Gasteiger charge is -2.06. The third-order valence-corrected chi connectivity index (χ3v) is 5.80. The third kappa shape index (κ3) is 3.87. The lowest BCUT2D eigenvalue weighted by Crippen LogP contribution is -2.26. The molecular weight excluding hydrogens is 286 g/mol. The molecule has 1 atom stereocenters. The monoisotopic (exact) mass is 313 g/mol. The number of aromatic nitrogens is 1. The van der Waals surface area contributed by atoms with Gasteiger partial charge in [0.05, 0.1) is 4.90 Å². The van der Waals surface area contributed by atoms with Crippen LogP contribution in [0.3, 0.4) is 0 Å². The molecule has 0 radical (unpaired) electrons. The van der Waals surface area contributed by atoms with Crippen molar-refractivity contribution >= 4 is 10.0 Å². The first-order valence-electron chi connectivity index (χ1n) is 7.69. The van der Waals surface area contributed by atoms with Gasteiger partial charge in [-0.25, -0.2) is 13.1 Å². The van der Waals surface area contributed by atoms with Gasteiger partial charge in [-0.1, -0.05) is 20.8 Å². The van der Waals surface area contributed by atoms with Gasteiger partial charge >= 0.3 is 0 Å². The second kappa shape index (κ2) is 6.10. The highest BCUT2D eigenvalue weighted by Crippen LogP contribution is 2.51. The fourth-order valence-corrected chi connectivity index (χ4v) is 3.73. The van der Waals surface area contributed by atoms with E-state index in [1.165, 1.54) is 0 Å². The Morgan fingerprint density at radius 2 is 2.05 bits per heavy atom. The maximum Gasteiger partial charge on any atom is 0.242 e. The van der Waals surface area contributed by atoms with E-state index in [9.17, 15) is 8.42 Å². The molecular formula is C15H27N3O2S. The van der Waals surface area contributed by atoms with Crippen LogP contribution in [0.1, 0.15) is 39.8 Å². The second-order valence-corrected chi connectivity index (χ2v) is 8.24. The first kappa shape index (κ1) is 16.5. The molecule has 2 rings (SSSR count). The van der Waals surface area contributed by atoms with E-state index < -0.39 is 10.0 Å². The normalized spacial score (nSPS) is 20.7. The Hall–Kier alpha value is -0.850. The molecule has 0 saturated heterocycles. The zero-order valence-electron chi connectivity index (χ0n) is 13.4. The maximum absolute atomic E-state index is 12.4. The van der Waals surface area contributed by atoms with Crippen LogP contribution in [0.5, 0.6) is 0 Å². The van der Waals surface area contributed by atoms with Crippen molar-refractivity contribution in [3.63, 3.8) is 0 Å². The van der Waals surface area contributed by atoms with E-state index in [2.05, 4.69) is 23.9 Å². The molecule has 2 N–H and O–H groups in total. The van der Waals surface area contributed by atoms with Gasteiger partial charge < -0.3 is 9.88 Å². The number of hydrogen-bond acceptors (Lipinski definition) is 3. The van der Waals surface area contributed by atoms with Gasteiger partial charge in [0.1, 0.15) is 0 Å². The summed E-state index contributed by atoms with van der Waals surface area (Å²) < 4.78 is 29.5. The van der Waals surface area contributed by atoms with Crippen LogP contribution in [0.15, 0.2) is 17.2 Å². The van der Waals surface area contributed by atoms with Gasteiger partial charge in [-0.05, 0) is 37.3 Å². The largest absolute Gasteiger partial charge is 0.349 e. The van der Waals surface area contributed by atoms with Gasteiger partial charge in [0.15, 0.2) is 0 Å². The van der Waals surface area contributed by atoms with Crippen LogP contribution in [0, 0.1) is 11.3 Å². The molecule has 0 bridgehead atoms. The van der Waals surface area contributed by atoms with Crippen LogP contribution in [0.25, 0.3) is 0 Å². The molecule has 1 heterocycles. The summed E-state index contributed by atoms with van der Waals surface area (Å²) in [6.07, 6.45) is 2.82. The van der Waals surface area contributed by atoms with E-state index in [4.69, 9.17) is 0 Å². The molecule has 1 aliphatic carbocycles. The summed E-state index contributed by atoms with van der Waals surface area (Å²) >= 11 is 0. The van der Waals surface area contributed by atoms with E-state index >= 15 is 0 Å². The Morgan fingerprint density at radius 1 is 1.38 bits per heavy atom. The average Bonchev–Trinajstić information content (AvgIpc) is 2.86. The van der Waals surface area contributed by atoms with Crippen molar-refractivity contribution in [2.75, 3.05) is 13.1 Å². The van der Waals surface area contributed by atoms with Crippen molar-refractivity contribution in [2.24, 2.45) is 11.3 Å².